The topological polar surface area (TPSA) is 148 Å². The first kappa shape index (κ1) is 36.6. The summed E-state index contributed by atoms with van der Waals surface area (Å²) in [5.74, 6) is -2.59. The zero-order valence-electron chi connectivity index (χ0n) is 27.3. The molecular formula is C36H48N2O8. The summed E-state index contributed by atoms with van der Waals surface area (Å²) in [5.41, 5.74) is 0.803. The summed E-state index contributed by atoms with van der Waals surface area (Å²) in [6.45, 7) is 5.16. The number of hydrogen-bond donors (Lipinski definition) is 3. The highest BCUT2D eigenvalue weighted by Crippen LogP contribution is 2.25. The number of amides is 2. The van der Waals surface area contributed by atoms with Gasteiger partial charge in [0, 0.05) is 37.0 Å². The second-order valence-corrected chi connectivity index (χ2v) is 12.3. The van der Waals surface area contributed by atoms with Crippen LogP contribution in [-0.4, -0.2) is 65.9 Å². The molecule has 2 aliphatic carbocycles. The SMILES string of the molecule is COC1/C=C/C=C/C=C/CC(OC(=O)[C@@H](C)NC(=O)C2CCCCC2)C(C)C(O)/C(C)=C/CCC2=CC(=O)C=C(NC(=O)C1)C2=O. The Balaban J connectivity index is 1.79. The van der Waals surface area contributed by atoms with Crippen molar-refractivity contribution in [3.05, 3.63) is 71.5 Å². The van der Waals surface area contributed by atoms with Crippen LogP contribution >= 0.6 is 0 Å². The van der Waals surface area contributed by atoms with Gasteiger partial charge in [0.1, 0.15) is 12.1 Å². The Labute approximate surface area is 271 Å². The molecule has 0 aromatic rings. The Bertz CT molecular complexity index is 1310. The van der Waals surface area contributed by atoms with Gasteiger partial charge in [0.2, 0.25) is 17.6 Å². The molecule has 10 nitrogen and oxygen atoms in total. The maximum atomic E-state index is 13.1. The maximum absolute atomic E-state index is 13.1. The van der Waals surface area contributed by atoms with Crippen molar-refractivity contribution in [3.8, 4) is 0 Å². The van der Waals surface area contributed by atoms with E-state index < -0.39 is 53.7 Å². The van der Waals surface area contributed by atoms with Crippen LogP contribution in [0.3, 0.4) is 0 Å². The van der Waals surface area contributed by atoms with Gasteiger partial charge >= 0.3 is 5.97 Å². The van der Waals surface area contributed by atoms with Crippen molar-refractivity contribution in [3.63, 3.8) is 0 Å². The first-order valence-corrected chi connectivity index (χ1v) is 16.2. The number of aliphatic hydroxyl groups excluding tert-OH is 1. The number of ketones is 2. The number of fused-ring (bicyclic) bond motifs is 2. The number of hydrogen-bond acceptors (Lipinski definition) is 8. The number of allylic oxidation sites excluding steroid dienone is 8. The van der Waals surface area contributed by atoms with Crippen LogP contribution in [0.5, 0.6) is 0 Å². The second-order valence-electron chi connectivity index (χ2n) is 12.3. The first-order chi connectivity index (χ1) is 22.0. The molecule has 0 aromatic heterocycles. The number of carbonyl (C=O) groups is 5. The van der Waals surface area contributed by atoms with E-state index in [4.69, 9.17) is 9.47 Å². The minimum absolute atomic E-state index is 0.0567. The summed E-state index contributed by atoms with van der Waals surface area (Å²) in [5, 5.41) is 16.6. The quantitative estimate of drug-likeness (QED) is 0.230. The predicted octanol–water partition coefficient (Wildman–Crippen LogP) is 4.26. The molecule has 46 heavy (non-hydrogen) atoms. The highest BCUT2D eigenvalue weighted by atomic mass is 16.5. The van der Waals surface area contributed by atoms with Gasteiger partial charge in [-0.1, -0.05) is 68.7 Å². The fraction of sp³-hybridized carbons (Fsp3) is 0.528. The number of nitrogens with one attached hydrogen (secondary N) is 2. The van der Waals surface area contributed by atoms with Crippen molar-refractivity contribution in [1.29, 1.82) is 0 Å². The van der Waals surface area contributed by atoms with Crippen LogP contribution in [0.4, 0.5) is 0 Å². The average Bonchev–Trinajstić information content (AvgIpc) is 3.04. The molecule has 0 aromatic carbocycles. The van der Waals surface area contributed by atoms with E-state index in [-0.39, 0.29) is 35.9 Å². The summed E-state index contributed by atoms with van der Waals surface area (Å²) >= 11 is 0. The molecule has 0 saturated heterocycles. The molecule has 2 amide bonds. The summed E-state index contributed by atoms with van der Waals surface area (Å²) in [4.78, 5) is 63.8. The highest BCUT2D eigenvalue weighted by Gasteiger charge is 2.31. The molecule has 3 rings (SSSR count). The van der Waals surface area contributed by atoms with Crippen LogP contribution in [0.2, 0.25) is 0 Å². The number of Topliss-reactive ketones (excluding diaryl/α,β-unsaturated/α-hetero) is 1. The molecule has 1 fully saturated rings. The van der Waals surface area contributed by atoms with Crippen LogP contribution < -0.4 is 10.6 Å². The van der Waals surface area contributed by atoms with Gasteiger partial charge in [-0.2, -0.15) is 0 Å². The smallest absolute Gasteiger partial charge is 0.328 e. The second kappa shape index (κ2) is 18.3. The zero-order valence-corrected chi connectivity index (χ0v) is 27.3. The van der Waals surface area contributed by atoms with Crippen LogP contribution in [0.25, 0.3) is 0 Å². The molecule has 3 aliphatic rings. The molecule has 1 heterocycles. The highest BCUT2D eigenvalue weighted by molar-refractivity contribution is 6.21. The number of aliphatic hydroxyl groups is 1. The van der Waals surface area contributed by atoms with Crippen molar-refractivity contribution in [2.24, 2.45) is 11.8 Å². The average molecular weight is 637 g/mol. The van der Waals surface area contributed by atoms with Gasteiger partial charge in [-0.05, 0) is 51.2 Å². The van der Waals surface area contributed by atoms with E-state index in [1.54, 1.807) is 57.2 Å². The van der Waals surface area contributed by atoms with Crippen molar-refractivity contribution in [2.75, 3.05) is 7.11 Å². The third-order valence-electron chi connectivity index (χ3n) is 8.65. The Morgan fingerprint density at radius 1 is 1.04 bits per heavy atom. The van der Waals surface area contributed by atoms with Gasteiger partial charge in [0.25, 0.3) is 0 Å². The number of rotatable bonds is 5. The van der Waals surface area contributed by atoms with E-state index in [0.29, 0.717) is 18.4 Å². The van der Waals surface area contributed by atoms with Crippen molar-refractivity contribution in [1.82, 2.24) is 10.6 Å². The Morgan fingerprint density at radius 2 is 1.76 bits per heavy atom. The number of methoxy groups -OCH3 is 1. The predicted molar refractivity (Wildman–Crippen MR) is 174 cm³/mol. The minimum atomic E-state index is -0.968. The third kappa shape index (κ3) is 11.2. The molecule has 1 saturated carbocycles. The molecule has 10 heteroatoms. The third-order valence-corrected chi connectivity index (χ3v) is 8.65. The largest absolute Gasteiger partial charge is 0.460 e. The normalized spacial score (nSPS) is 29.8. The molecular weight excluding hydrogens is 588 g/mol. The lowest BCUT2D eigenvalue weighted by Crippen LogP contribution is -2.45. The Hall–Kier alpha value is -3.89. The van der Waals surface area contributed by atoms with Crippen LogP contribution in [0.1, 0.15) is 78.6 Å². The van der Waals surface area contributed by atoms with Crippen LogP contribution in [0, 0.1) is 11.8 Å². The van der Waals surface area contributed by atoms with E-state index in [1.807, 2.05) is 6.08 Å². The number of carbonyl (C=O) groups excluding carboxylic acids is 5. The molecule has 3 N–H and O–H groups in total. The fourth-order valence-corrected chi connectivity index (χ4v) is 5.73. The van der Waals surface area contributed by atoms with Crippen LogP contribution in [0.15, 0.2) is 71.5 Å². The monoisotopic (exact) mass is 636 g/mol. The van der Waals surface area contributed by atoms with Crippen molar-refractivity contribution >= 4 is 29.4 Å². The summed E-state index contributed by atoms with van der Waals surface area (Å²) < 4.78 is 11.3. The van der Waals surface area contributed by atoms with E-state index in [9.17, 15) is 29.1 Å². The molecule has 4 unspecified atom stereocenters. The summed E-state index contributed by atoms with van der Waals surface area (Å²) in [6.07, 6.45) is 18.1. The fourth-order valence-electron chi connectivity index (χ4n) is 5.73. The maximum Gasteiger partial charge on any atom is 0.328 e. The zero-order chi connectivity index (χ0) is 33.6. The summed E-state index contributed by atoms with van der Waals surface area (Å²) in [6, 6.07) is -0.840. The van der Waals surface area contributed by atoms with Gasteiger partial charge in [0.15, 0.2) is 5.78 Å². The first-order valence-electron chi connectivity index (χ1n) is 16.2. The van der Waals surface area contributed by atoms with Gasteiger partial charge in [-0.25, -0.2) is 4.79 Å². The van der Waals surface area contributed by atoms with E-state index >= 15 is 0 Å². The van der Waals surface area contributed by atoms with Crippen molar-refractivity contribution < 1.29 is 38.6 Å². The lowest BCUT2D eigenvalue weighted by atomic mass is 9.88. The summed E-state index contributed by atoms with van der Waals surface area (Å²) in [7, 11) is 1.47. The molecule has 0 spiro atoms. The van der Waals surface area contributed by atoms with Crippen molar-refractivity contribution in [2.45, 2.75) is 103 Å². The molecule has 0 radical (unpaired) electrons. The lowest BCUT2D eigenvalue weighted by Gasteiger charge is -2.29. The van der Waals surface area contributed by atoms with Gasteiger partial charge in [-0.15, -0.1) is 0 Å². The lowest BCUT2D eigenvalue weighted by molar-refractivity contribution is -0.156. The Morgan fingerprint density at radius 3 is 2.48 bits per heavy atom. The minimum Gasteiger partial charge on any atom is -0.460 e. The van der Waals surface area contributed by atoms with Gasteiger partial charge in [0.05, 0.1) is 24.3 Å². The molecule has 2 bridgehead atoms. The molecule has 250 valence electrons. The van der Waals surface area contributed by atoms with Gasteiger partial charge in [-0.3, -0.25) is 19.2 Å². The van der Waals surface area contributed by atoms with E-state index in [1.165, 1.54) is 13.2 Å². The number of ether oxygens (including phenoxy) is 2. The molecule has 5 atom stereocenters. The van der Waals surface area contributed by atoms with E-state index in [0.717, 1.165) is 38.2 Å². The standard InChI is InChI=1S/C36H48N2O8/c1-23-14-13-17-27-20-28(39)21-30(34(27)42)38-32(40)22-29(45-4)18-11-6-5-7-12-19-31(24(2)33(23)41)46-36(44)25(3)37-35(43)26-15-9-8-10-16-26/h5-7,11-12,14,18,20-21,24-26,29,31,33,41H,8-10,13,15-17,19,22H2,1-4H3,(H,37,43)(H,38,40)/b6-5+,12-7+,18-11+,23-14+/t24?,25-,29?,31?,33?/m1/s1. The number of esters is 1. The van der Waals surface area contributed by atoms with Gasteiger partial charge < -0.3 is 25.2 Å². The van der Waals surface area contributed by atoms with E-state index in [2.05, 4.69) is 10.6 Å². The van der Waals surface area contributed by atoms with Crippen LogP contribution in [-0.2, 0) is 33.4 Å². The molecule has 1 aliphatic heterocycles. The Kier molecular flexibility index (Phi) is 14.6.